The van der Waals surface area contributed by atoms with Gasteiger partial charge in [0.1, 0.15) is 9.84 Å². The van der Waals surface area contributed by atoms with Crippen LogP contribution in [-0.2, 0) is 16.3 Å². The molecule has 3 nitrogen and oxygen atoms in total. The van der Waals surface area contributed by atoms with Gasteiger partial charge in [-0.15, -0.1) is 11.3 Å². The first-order valence-electron chi connectivity index (χ1n) is 5.15. The fraction of sp³-hybridized carbons (Fsp3) is 0.600. The summed E-state index contributed by atoms with van der Waals surface area (Å²) in [5, 5.41) is 3.28. The predicted molar refractivity (Wildman–Crippen MR) is 68.1 cm³/mol. The Balaban J connectivity index is 1.93. The van der Waals surface area contributed by atoms with Crippen molar-refractivity contribution in [2.75, 3.05) is 18.6 Å². The number of sulfone groups is 1. The van der Waals surface area contributed by atoms with E-state index in [1.807, 2.05) is 6.07 Å². The minimum Gasteiger partial charge on any atom is -0.309 e. The molecule has 2 rings (SSSR count). The third-order valence-electron chi connectivity index (χ3n) is 2.71. The molecule has 0 bridgehead atoms. The number of hydrogen-bond acceptors (Lipinski definition) is 4. The number of thiophene rings is 1. The minimum atomic E-state index is -2.87. The highest BCUT2D eigenvalue weighted by molar-refractivity contribution is 7.90. The van der Waals surface area contributed by atoms with E-state index in [0.717, 1.165) is 17.2 Å². The summed E-state index contributed by atoms with van der Waals surface area (Å²) in [6, 6.07) is 2.27. The average molecular weight is 280 g/mol. The molecule has 0 aliphatic heterocycles. The van der Waals surface area contributed by atoms with Crippen LogP contribution in [0.2, 0.25) is 4.34 Å². The Bertz CT molecular complexity index is 481. The molecular weight excluding hydrogens is 266 g/mol. The van der Waals surface area contributed by atoms with E-state index < -0.39 is 9.84 Å². The van der Waals surface area contributed by atoms with Gasteiger partial charge in [0.2, 0.25) is 0 Å². The molecule has 0 aromatic carbocycles. The molecule has 1 atom stereocenters. The third kappa shape index (κ3) is 2.97. The first-order valence-corrected chi connectivity index (χ1v) is 8.40. The van der Waals surface area contributed by atoms with Gasteiger partial charge >= 0.3 is 0 Å². The predicted octanol–water partition coefficient (Wildman–Crippen LogP) is 2.02. The highest BCUT2D eigenvalue weighted by Crippen LogP contribution is 2.39. The van der Waals surface area contributed by atoms with Crippen molar-refractivity contribution < 1.29 is 8.42 Å². The number of fused-ring (bicyclic) bond motifs is 1. The summed E-state index contributed by atoms with van der Waals surface area (Å²) >= 11 is 7.57. The van der Waals surface area contributed by atoms with E-state index in [0.29, 0.717) is 6.54 Å². The van der Waals surface area contributed by atoms with E-state index in [1.165, 1.54) is 16.7 Å². The molecule has 0 fully saturated rings. The van der Waals surface area contributed by atoms with E-state index >= 15 is 0 Å². The Kier molecular flexibility index (Phi) is 3.59. The van der Waals surface area contributed by atoms with Crippen LogP contribution in [-0.4, -0.2) is 27.0 Å². The van der Waals surface area contributed by atoms with Crippen LogP contribution in [0.3, 0.4) is 0 Å². The Morgan fingerprint density at radius 1 is 1.62 bits per heavy atom. The molecule has 90 valence electrons. The van der Waals surface area contributed by atoms with Gasteiger partial charge < -0.3 is 5.32 Å². The first-order chi connectivity index (χ1) is 7.46. The van der Waals surface area contributed by atoms with Gasteiger partial charge in [-0.1, -0.05) is 11.6 Å². The highest BCUT2D eigenvalue weighted by Gasteiger charge is 2.24. The van der Waals surface area contributed by atoms with Gasteiger partial charge in [-0.25, -0.2) is 8.42 Å². The van der Waals surface area contributed by atoms with Crippen molar-refractivity contribution in [3.05, 3.63) is 20.8 Å². The van der Waals surface area contributed by atoms with Crippen LogP contribution < -0.4 is 5.32 Å². The second-order valence-electron chi connectivity index (χ2n) is 4.10. The summed E-state index contributed by atoms with van der Waals surface area (Å²) < 4.78 is 22.8. The molecule has 1 aliphatic rings. The standard InChI is InChI=1S/C10H14ClNO2S2/c1-16(13,14)5-4-12-8-2-3-9-7(8)6-10(11)15-9/h6,8,12H,2-5H2,1H3. The second kappa shape index (κ2) is 4.64. The zero-order valence-corrected chi connectivity index (χ0v) is 11.4. The van der Waals surface area contributed by atoms with Crippen molar-refractivity contribution in [1.29, 1.82) is 0 Å². The normalized spacial score (nSPS) is 20.0. The van der Waals surface area contributed by atoms with E-state index in [-0.39, 0.29) is 11.8 Å². The lowest BCUT2D eigenvalue weighted by atomic mass is 10.2. The van der Waals surface area contributed by atoms with Gasteiger partial charge in [0.15, 0.2) is 0 Å². The maximum atomic E-state index is 11.0. The maximum absolute atomic E-state index is 11.0. The van der Waals surface area contributed by atoms with Crippen molar-refractivity contribution >= 4 is 32.8 Å². The van der Waals surface area contributed by atoms with Crippen molar-refractivity contribution in [2.24, 2.45) is 0 Å². The molecule has 16 heavy (non-hydrogen) atoms. The molecule has 1 aromatic heterocycles. The summed E-state index contributed by atoms with van der Waals surface area (Å²) in [5.74, 6) is 0.191. The molecule has 0 saturated heterocycles. The van der Waals surface area contributed by atoms with Crippen LogP contribution in [0.4, 0.5) is 0 Å². The smallest absolute Gasteiger partial charge is 0.148 e. The molecule has 0 radical (unpaired) electrons. The van der Waals surface area contributed by atoms with Crippen LogP contribution in [0.25, 0.3) is 0 Å². The van der Waals surface area contributed by atoms with Crippen LogP contribution in [0.15, 0.2) is 6.07 Å². The summed E-state index contributed by atoms with van der Waals surface area (Å²) in [4.78, 5) is 1.34. The monoisotopic (exact) mass is 279 g/mol. The molecule has 1 aliphatic carbocycles. The maximum Gasteiger partial charge on any atom is 0.148 e. The van der Waals surface area contributed by atoms with Gasteiger partial charge in [-0.05, 0) is 24.5 Å². The van der Waals surface area contributed by atoms with Gasteiger partial charge in [0.25, 0.3) is 0 Å². The number of aryl methyl sites for hydroxylation is 1. The fourth-order valence-electron chi connectivity index (χ4n) is 1.96. The Morgan fingerprint density at radius 3 is 3.06 bits per heavy atom. The number of hydrogen-bond donors (Lipinski definition) is 1. The quantitative estimate of drug-likeness (QED) is 0.917. The SMILES string of the molecule is CS(=O)(=O)CCNC1CCc2sc(Cl)cc21. The van der Waals surface area contributed by atoms with E-state index in [9.17, 15) is 8.42 Å². The van der Waals surface area contributed by atoms with Gasteiger partial charge in [0, 0.05) is 23.7 Å². The minimum absolute atomic E-state index is 0.191. The number of halogens is 1. The average Bonchev–Trinajstić information content (AvgIpc) is 2.64. The molecule has 1 N–H and O–H groups in total. The molecule has 0 amide bonds. The van der Waals surface area contributed by atoms with Crippen molar-refractivity contribution in [3.63, 3.8) is 0 Å². The van der Waals surface area contributed by atoms with E-state index in [4.69, 9.17) is 11.6 Å². The van der Waals surface area contributed by atoms with Gasteiger partial charge in [0.05, 0.1) is 10.1 Å². The summed E-state index contributed by atoms with van der Waals surface area (Å²) in [6.45, 7) is 0.510. The second-order valence-corrected chi connectivity index (χ2v) is 8.13. The Hall–Kier alpha value is -0.100. The molecule has 1 heterocycles. The number of rotatable bonds is 4. The molecule has 1 unspecified atom stereocenters. The van der Waals surface area contributed by atoms with Crippen LogP contribution in [0, 0.1) is 0 Å². The van der Waals surface area contributed by atoms with Crippen molar-refractivity contribution in [1.82, 2.24) is 5.32 Å². The van der Waals surface area contributed by atoms with Crippen LogP contribution in [0.1, 0.15) is 22.9 Å². The highest BCUT2D eigenvalue weighted by atomic mass is 35.5. The summed E-state index contributed by atoms with van der Waals surface area (Å²) in [7, 11) is -2.87. The topological polar surface area (TPSA) is 46.2 Å². The zero-order chi connectivity index (χ0) is 11.8. The van der Waals surface area contributed by atoms with Crippen LogP contribution in [0.5, 0.6) is 0 Å². The van der Waals surface area contributed by atoms with E-state index in [1.54, 1.807) is 11.3 Å². The summed E-state index contributed by atoms with van der Waals surface area (Å²) in [6.07, 6.45) is 3.35. The van der Waals surface area contributed by atoms with Crippen LogP contribution >= 0.6 is 22.9 Å². The molecule has 0 saturated carbocycles. The third-order valence-corrected chi connectivity index (χ3v) is 5.00. The molecule has 1 aromatic rings. The van der Waals surface area contributed by atoms with E-state index in [2.05, 4.69) is 5.32 Å². The lowest BCUT2D eigenvalue weighted by Gasteiger charge is -2.11. The molecular formula is C10H14ClNO2S2. The Morgan fingerprint density at radius 2 is 2.38 bits per heavy atom. The lowest BCUT2D eigenvalue weighted by Crippen LogP contribution is -2.25. The number of nitrogens with one attached hydrogen (secondary N) is 1. The van der Waals surface area contributed by atoms with Crippen molar-refractivity contribution in [2.45, 2.75) is 18.9 Å². The Labute approximate surface area is 105 Å². The lowest BCUT2D eigenvalue weighted by molar-refractivity contribution is 0.542. The molecule has 6 heteroatoms. The van der Waals surface area contributed by atoms with Crippen molar-refractivity contribution in [3.8, 4) is 0 Å². The summed E-state index contributed by atoms with van der Waals surface area (Å²) in [5.41, 5.74) is 1.25. The first kappa shape index (κ1) is 12.4. The fourth-order valence-corrected chi connectivity index (χ4v) is 3.81. The molecule has 0 spiro atoms. The van der Waals surface area contributed by atoms with Gasteiger partial charge in [-0.3, -0.25) is 0 Å². The van der Waals surface area contributed by atoms with Gasteiger partial charge in [-0.2, -0.15) is 0 Å². The zero-order valence-electron chi connectivity index (χ0n) is 8.99. The largest absolute Gasteiger partial charge is 0.309 e.